The van der Waals surface area contributed by atoms with Crippen LogP contribution in [0.3, 0.4) is 0 Å². The lowest BCUT2D eigenvalue weighted by Gasteiger charge is -2.34. The highest BCUT2D eigenvalue weighted by Gasteiger charge is 2.47. The number of pyridine rings is 1. The average Bonchev–Trinajstić information content (AvgIpc) is 3.58. The van der Waals surface area contributed by atoms with Crippen LogP contribution in [0.1, 0.15) is 22.3 Å². The zero-order valence-electron chi connectivity index (χ0n) is 29.9. The van der Waals surface area contributed by atoms with E-state index in [2.05, 4.69) is 157 Å². The fraction of sp³-hybridized carbons (Fsp3) is 0.0196. The molecule has 0 amide bonds. The van der Waals surface area contributed by atoms with E-state index in [0.717, 1.165) is 22.3 Å². The Balaban J connectivity index is 1.21. The van der Waals surface area contributed by atoms with Crippen molar-refractivity contribution in [3.05, 3.63) is 229 Å². The summed E-state index contributed by atoms with van der Waals surface area (Å²) in [5.74, 6) is 1.85. The van der Waals surface area contributed by atoms with Gasteiger partial charge in [0.05, 0.1) is 5.41 Å². The highest BCUT2D eigenvalue weighted by atomic mass is 15.0. The predicted molar refractivity (Wildman–Crippen MR) is 222 cm³/mol. The van der Waals surface area contributed by atoms with Gasteiger partial charge in [0, 0.05) is 29.1 Å². The first-order valence-electron chi connectivity index (χ1n) is 18.6. The van der Waals surface area contributed by atoms with Gasteiger partial charge < -0.3 is 0 Å². The molecule has 7 aromatic carbocycles. The second kappa shape index (κ2) is 13.6. The number of hydrogen-bond donors (Lipinski definition) is 0. The third-order valence-electron chi connectivity index (χ3n) is 10.7. The van der Waals surface area contributed by atoms with Crippen molar-refractivity contribution in [3.8, 4) is 67.5 Å². The third kappa shape index (κ3) is 5.46. The van der Waals surface area contributed by atoms with Crippen LogP contribution in [0, 0.1) is 0 Å². The minimum atomic E-state index is -0.500. The lowest BCUT2D eigenvalue weighted by atomic mass is 9.67. The van der Waals surface area contributed by atoms with Crippen LogP contribution >= 0.6 is 0 Å². The Labute approximate surface area is 320 Å². The minimum Gasteiger partial charge on any atom is -0.265 e. The first-order valence-corrected chi connectivity index (χ1v) is 18.6. The first kappa shape index (κ1) is 32.4. The zero-order valence-corrected chi connectivity index (χ0v) is 29.9. The number of rotatable bonds is 7. The lowest BCUT2D eigenvalue weighted by molar-refractivity contribution is 0.768. The van der Waals surface area contributed by atoms with E-state index in [1.807, 2.05) is 42.5 Å². The van der Waals surface area contributed by atoms with Gasteiger partial charge in [-0.25, -0.2) is 15.0 Å². The Hall–Kier alpha value is -7.30. The van der Waals surface area contributed by atoms with Crippen molar-refractivity contribution in [1.29, 1.82) is 0 Å². The molecule has 10 rings (SSSR count). The van der Waals surface area contributed by atoms with Crippen LogP contribution in [0.25, 0.3) is 67.5 Å². The molecular formula is C51H34N4. The largest absolute Gasteiger partial charge is 0.265 e. The highest BCUT2D eigenvalue weighted by Crippen LogP contribution is 2.59. The molecule has 9 aromatic rings. The van der Waals surface area contributed by atoms with Gasteiger partial charge in [0.25, 0.3) is 0 Å². The number of aromatic nitrogens is 4. The monoisotopic (exact) mass is 702 g/mol. The van der Waals surface area contributed by atoms with Crippen molar-refractivity contribution in [2.75, 3.05) is 0 Å². The fourth-order valence-electron chi connectivity index (χ4n) is 8.33. The van der Waals surface area contributed by atoms with Crippen LogP contribution in [-0.2, 0) is 5.41 Å². The summed E-state index contributed by atoms with van der Waals surface area (Å²) >= 11 is 0. The topological polar surface area (TPSA) is 51.6 Å². The van der Waals surface area contributed by atoms with Crippen molar-refractivity contribution >= 4 is 0 Å². The maximum absolute atomic E-state index is 5.00. The first-order chi connectivity index (χ1) is 27.3. The van der Waals surface area contributed by atoms with Crippen molar-refractivity contribution in [2.24, 2.45) is 0 Å². The molecule has 1 aliphatic rings. The average molecular weight is 703 g/mol. The van der Waals surface area contributed by atoms with Gasteiger partial charge in [0.2, 0.25) is 0 Å². The molecule has 2 heterocycles. The van der Waals surface area contributed by atoms with Crippen molar-refractivity contribution in [3.63, 3.8) is 0 Å². The van der Waals surface area contributed by atoms with Gasteiger partial charge in [-0.3, -0.25) is 4.98 Å². The molecule has 4 nitrogen and oxygen atoms in total. The normalized spacial score (nSPS) is 12.5. The zero-order chi connectivity index (χ0) is 36.6. The minimum absolute atomic E-state index is 0.500. The summed E-state index contributed by atoms with van der Waals surface area (Å²) in [5.41, 5.74) is 14.5. The van der Waals surface area contributed by atoms with Gasteiger partial charge in [-0.15, -0.1) is 0 Å². The lowest BCUT2D eigenvalue weighted by Crippen LogP contribution is -2.28. The summed E-state index contributed by atoms with van der Waals surface area (Å²) in [6.07, 6.45) is 3.53. The summed E-state index contributed by atoms with van der Waals surface area (Å²) in [4.78, 5) is 19.1. The fourth-order valence-corrected chi connectivity index (χ4v) is 8.33. The summed E-state index contributed by atoms with van der Waals surface area (Å²) in [7, 11) is 0. The van der Waals surface area contributed by atoms with E-state index < -0.39 is 5.41 Å². The van der Waals surface area contributed by atoms with Gasteiger partial charge >= 0.3 is 0 Å². The number of hydrogen-bond acceptors (Lipinski definition) is 4. The van der Waals surface area contributed by atoms with Gasteiger partial charge in [-0.1, -0.05) is 182 Å². The summed E-state index contributed by atoms with van der Waals surface area (Å²) in [6, 6.07) is 69.0. The molecule has 0 atom stereocenters. The Kier molecular flexibility index (Phi) is 8.00. The Morgan fingerprint density at radius 3 is 1.33 bits per heavy atom. The SMILES string of the molecule is c1ccc(-c2nc(-c3ccncc3)nc(-c3ccc(-c4c(-c5ccccc5)ccc5c4-c4ccccc4C5(c4ccccc4)c4ccccc4)cc3)n2)cc1. The highest BCUT2D eigenvalue weighted by molar-refractivity contribution is 6.01. The molecule has 0 spiro atoms. The Morgan fingerprint density at radius 1 is 0.291 bits per heavy atom. The summed E-state index contributed by atoms with van der Waals surface area (Å²) in [6.45, 7) is 0. The molecule has 4 heteroatoms. The van der Waals surface area contributed by atoms with E-state index in [-0.39, 0.29) is 0 Å². The molecule has 1 aliphatic carbocycles. The number of fused-ring (bicyclic) bond motifs is 3. The molecular weight excluding hydrogens is 669 g/mol. The Morgan fingerprint density at radius 2 is 0.745 bits per heavy atom. The molecule has 0 radical (unpaired) electrons. The molecule has 0 fully saturated rings. The summed E-state index contributed by atoms with van der Waals surface area (Å²) < 4.78 is 0. The van der Waals surface area contributed by atoms with E-state index in [0.29, 0.717) is 17.5 Å². The van der Waals surface area contributed by atoms with Crippen molar-refractivity contribution < 1.29 is 0 Å². The molecule has 55 heavy (non-hydrogen) atoms. The standard InChI is InChI=1S/C51H34N4/c1-5-15-35(16-6-1)42-29-30-45-47(43-23-13-14-24-44(43)51(45,40-19-9-3-10-20-40)41-21-11-4-12-22-41)46(42)36-25-27-38(28-26-36)49-53-48(37-17-7-2-8-18-37)54-50(55-49)39-31-33-52-34-32-39/h1-34H. The van der Waals surface area contributed by atoms with Gasteiger partial charge in [-0.05, 0) is 67.8 Å². The molecule has 0 N–H and O–H groups in total. The second-order valence-corrected chi connectivity index (χ2v) is 13.8. The van der Waals surface area contributed by atoms with E-state index >= 15 is 0 Å². The van der Waals surface area contributed by atoms with Crippen molar-refractivity contribution in [2.45, 2.75) is 5.41 Å². The van der Waals surface area contributed by atoms with E-state index in [4.69, 9.17) is 15.0 Å². The molecule has 0 aliphatic heterocycles. The van der Waals surface area contributed by atoms with Crippen LogP contribution in [0.2, 0.25) is 0 Å². The molecule has 0 bridgehead atoms. The van der Waals surface area contributed by atoms with Gasteiger partial charge in [0.1, 0.15) is 0 Å². The number of nitrogens with zero attached hydrogens (tertiary/aromatic N) is 4. The van der Waals surface area contributed by atoms with E-state index in [1.54, 1.807) is 12.4 Å². The molecule has 258 valence electrons. The maximum atomic E-state index is 5.00. The predicted octanol–water partition coefficient (Wildman–Crippen LogP) is 12.0. The van der Waals surface area contributed by atoms with Crippen molar-refractivity contribution in [1.82, 2.24) is 19.9 Å². The summed E-state index contributed by atoms with van der Waals surface area (Å²) in [5, 5.41) is 0. The molecule has 2 aromatic heterocycles. The second-order valence-electron chi connectivity index (χ2n) is 13.8. The van der Waals surface area contributed by atoms with Crippen LogP contribution in [0.15, 0.2) is 207 Å². The molecule has 0 saturated carbocycles. The van der Waals surface area contributed by atoms with Crippen LogP contribution in [0.5, 0.6) is 0 Å². The Bertz CT molecular complexity index is 2670. The van der Waals surface area contributed by atoms with Gasteiger partial charge in [-0.2, -0.15) is 0 Å². The van der Waals surface area contributed by atoms with E-state index in [9.17, 15) is 0 Å². The maximum Gasteiger partial charge on any atom is 0.164 e. The van der Waals surface area contributed by atoms with E-state index in [1.165, 1.54) is 50.1 Å². The number of benzene rings is 7. The smallest absolute Gasteiger partial charge is 0.164 e. The third-order valence-corrected chi connectivity index (χ3v) is 10.7. The van der Waals surface area contributed by atoms with Crippen LogP contribution < -0.4 is 0 Å². The quantitative estimate of drug-likeness (QED) is 0.166. The molecule has 0 unspecified atom stereocenters. The van der Waals surface area contributed by atoms with Gasteiger partial charge in [0.15, 0.2) is 17.5 Å². The van der Waals surface area contributed by atoms with Crippen LogP contribution in [0.4, 0.5) is 0 Å². The molecule has 0 saturated heterocycles. The van der Waals surface area contributed by atoms with Crippen LogP contribution in [-0.4, -0.2) is 19.9 Å².